The normalized spacial score (nSPS) is 19.9. The first-order chi connectivity index (χ1) is 8.50. The van der Waals surface area contributed by atoms with E-state index in [1.54, 1.807) is 12.1 Å². The van der Waals surface area contributed by atoms with Crippen LogP contribution in [0.5, 0.6) is 0 Å². The third-order valence-electron chi connectivity index (χ3n) is 3.08. The van der Waals surface area contributed by atoms with Crippen molar-refractivity contribution in [3.8, 4) is 0 Å². The van der Waals surface area contributed by atoms with Gasteiger partial charge >= 0.3 is 0 Å². The smallest absolute Gasteiger partial charge is 0.242 e. The Bertz CT molecular complexity index is 479. The molecule has 4 N–H and O–H groups in total. The van der Waals surface area contributed by atoms with Crippen LogP contribution in [0, 0.1) is 6.92 Å². The number of carbonyl (C=O) groups is 1. The third-order valence-corrected chi connectivity index (χ3v) is 3.41. The second kappa shape index (κ2) is 5.04. The summed E-state index contributed by atoms with van der Waals surface area (Å²) in [4.78, 5) is 13.4. The molecule has 0 spiro atoms. The van der Waals surface area contributed by atoms with Crippen LogP contribution >= 0.6 is 11.6 Å². The summed E-state index contributed by atoms with van der Waals surface area (Å²) in [6, 6.07) is 3.11. The van der Waals surface area contributed by atoms with Crippen LogP contribution in [0.25, 0.3) is 0 Å². The summed E-state index contributed by atoms with van der Waals surface area (Å²) in [5.74, 6) is -0.401. The first kappa shape index (κ1) is 13.0. The molecule has 6 heteroatoms. The highest BCUT2D eigenvalue weighted by Gasteiger charge is 2.29. The standard InChI is InChI=1S/C12H16ClN3O2/c1-7-4-9(14)8(13)5-10(7)16-2-3-18-6-11(16)12(15)17/h4-5,11H,2-3,6,14H2,1H3,(H2,15,17). The molecule has 1 unspecified atom stereocenters. The van der Waals surface area contributed by atoms with Crippen molar-refractivity contribution in [3.63, 3.8) is 0 Å². The molecule has 1 aliphatic rings. The van der Waals surface area contributed by atoms with E-state index >= 15 is 0 Å². The zero-order chi connectivity index (χ0) is 13.3. The van der Waals surface area contributed by atoms with E-state index < -0.39 is 11.9 Å². The van der Waals surface area contributed by atoms with Gasteiger partial charge in [-0.1, -0.05) is 11.6 Å². The van der Waals surface area contributed by atoms with Crippen molar-refractivity contribution >= 4 is 28.9 Å². The van der Waals surface area contributed by atoms with Crippen molar-refractivity contribution in [2.45, 2.75) is 13.0 Å². The number of halogens is 1. The Morgan fingerprint density at radius 2 is 2.28 bits per heavy atom. The van der Waals surface area contributed by atoms with Gasteiger partial charge in [-0.15, -0.1) is 0 Å². The number of amides is 1. The number of hydrogen-bond acceptors (Lipinski definition) is 4. The number of benzene rings is 1. The van der Waals surface area contributed by atoms with Crippen LogP contribution in [0.3, 0.4) is 0 Å². The number of rotatable bonds is 2. The van der Waals surface area contributed by atoms with Gasteiger partial charge in [-0.05, 0) is 24.6 Å². The molecule has 98 valence electrons. The zero-order valence-electron chi connectivity index (χ0n) is 10.1. The monoisotopic (exact) mass is 269 g/mol. The molecule has 1 heterocycles. The molecule has 18 heavy (non-hydrogen) atoms. The van der Waals surface area contributed by atoms with Crippen LogP contribution in [-0.4, -0.2) is 31.7 Å². The number of nitrogens with two attached hydrogens (primary N) is 2. The third kappa shape index (κ3) is 2.37. The van der Waals surface area contributed by atoms with E-state index in [0.29, 0.717) is 30.5 Å². The number of ether oxygens (including phenoxy) is 1. The van der Waals surface area contributed by atoms with Crippen molar-refractivity contribution in [1.82, 2.24) is 0 Å². The lowest BCUT2D eigenvalue weighted by Crippen LogP contribution is -2.52. The summed E-state index contributed by atoms with van der Waals surface area (Å²) in [6.07, 6.45) is 0. The molecule has 0 bridgehead atoms. The molecule has 1 amide bonds. The molecule has 0 saturated carbocycles. The van der Waals surface area contributed by atoms with Gasteiger partial charge in [-0.2, -0.15) is 0 Å². The number of aryl methyl sites for hydroxylation is 1. The SMILES string of the molecule is Cc1cc(N)c(Cl)cc1N1CCOCC1C(N)=O. The summed E-state index contributed by atoms with van der Waals surface area (Å²) in [7, 11) is 0. The molecule has 0 aliphatic carbocycles. The lowest BCUT2D eigenvalue weighted by Gasteiger charge is -2.36. The number of anilines is 2. The van der Waals surface area contributed by atoms with Crippen molar-refractivity contribution < 1.29 is 9.53 Å². The minimum Gasteiger partial charge on any atom is -0.398 e. The molecular weight excluding hydrogens is 254 g/mol. The van der Waals surface area contributed by atoms with E-state index in [9.17, 15) is 4.79 Å². The Hall–Kier alpha value is -1.46. The van der Waals surface area contributed by atoms with Crippen molar-refractivity contribution in [1.29, 1.82) is 0 Å². The Morgan fingerprint density at radius 1 is 1.56 bits per heavy atom. The maximum atomic E-state index is 11.4. The van der Waals surface area contributed by atoms with Gasteiger partial charge in [-0.3, -0.25) is 4.79 Å². The van der Waals surface area contributed by atoms with E-state index in [1.165, 1.54) is 0 Å². The molecule has 1 fully saturated rings. The van der Waals surface area contributed by atoms with E-state index in [0.717, 1.165) is 11.3 Å². The Balaban J connectivity index is 2.39. The Labute approximate surface area is 111 Å². The Morgan fingerprint density at radius 3 is 2.94 bits per heavy atom. The van der Waals surface area contributed by atoms with E-state index in [-0.39, 0.29) is 0 Å². The second-order valence-electron chi connectivity index (χ2n) is 4.35. The highest BCUT2D eigenvalue weighted by atomic mass is 35.5. The summed E-state index contributed by atoms with van der Waals surface area (Å²) in [5, 5.41) is 0.477. The lowest BCUT2D eigenvalue weighted by atomic mass is 10.1. The highest BCUT2D eigenvalue weighted by Crippen LogP contribution is 2.31. The average Bonchev–Trinajstić information content (AvgIpc) is 2.34. The number of carbonyl (C=O) groups excluding carboxylic acids is 1. The first-order valence-electron chi connectivity index (χ1n) is 5.70. The summed E-state index contributed by atoms with van der Waals surface area (Å²) >= 11 is 6.03. The Kier molecular flexibility index (Phi) is 3.63. The van der Waals surface area contributed by atoms with Crippen LogP contribution in [-0.2, 0) is 9.53 Å². The van der Waals surface area contributed by atoms with Crippen molar-refractivity contribution in [2.75, 3.05) is 30.4 Å². The van der Waals surface area contributed by atoms with Gasteiger partial charge in [0.25, 0.3) is 0 Å². The molecule has 1 aliphatic heterocycles. The molecule has 1 saturated heterocycles. The van der Waals surface area contributed by atoms with Gasteiger partial charge in [0.05, 0.1) is 23.9 Å². The topological polar surface area (TPSA) is 81.6 Å². The lowest BCUT2D eigenvalue weighted by molar-refractivity contribution is -0.121. The molecule has 0 aromatic heterocycles. The molecule has 1 aromatic carbocycles. The first-order valence-corrected chi connectivity index (χ1v) is 6.08. The largest absolute Gasteiger partial charge is 0.398 e. The van der Waals surface area contributed by atoms with Gasteiger partial charge in [0.1, 0.15) is 6.04 Å². The molecule has 2 rings (SSSR count). The van der Waals surface area contributed by atoms with Crippen molar-refractivity contribution in [3.05, 3.63) is 22.7 Å². The number of morpholine rings is 1. The minimum absolute atomic E-state index is 0.302. The summed E-state index contributed by atoms with van der Waals surface area (Å²) in [6.45, 7) is 3.40. The van der Waals surface area contributed by atoms with Crippen LogP contribution in [0.15, 0.2) is 12.1 Å². The predicted molar refractivity (Wildman–Crippen MR) is 71.7 cm³/mol. The molecule has 1 aromatic rings. The zero-order valence-corrected chi connectivity index (χ0v) is 10.9. The average molecular weight is 270 g/mol. The minimum atomic E-state index is -0.461. The van der Waals surface area contributed by atoms with Gasteiger partial charge in [0.15, 0.2) is 0 Å². The number of primary amides is 1. The van der Waals surface area contributed by atoms with Gasteiger partial charge in [0, 0.05) is 12.2 Å². The maximum absolute atomic E-state index is 11.4. The molecule has 5 nitrogen and oxygen atoms in total. The predicted octanol–water partition coefficient (Wildman–Crippen LogP) is 0.921. The van der Waals surface area contributed by atoms with E-state index in [1.807, 2.05) is 11.8 Å². The fraction of sp³-hybridized carbons (Fsp3) is 0.417. The van der Waals surface area contributed by atoms with E-state index in [2.05, 4.69) is 0 Å². The van der Waals surface area contributed by atoms with Crippen LogP contribution in [0.2, 0.25) is 5.02 Å². The summed E-state index contributed by atoms with van der Waals surface area (Å²) in [5.41, 5.74) is 13.5. The van der Waals surface area contributed by atoms with Crippen LogP contribution in [0.1, 0.15) is 5.56 Å². The molecular formula is C12H16ClN3O2. The molecule has 1 atom stereocenters. The van der Waals surface area contributed by atoms with Gasteiger partial charge in [0.2, 0.25) is 5.91 Å². The maximum Gasteiger partial charge on any atom is 0.242 e. The number of hydrogen-bond donors (Lipinski definition) is 2. The highest BCUT2D eigenvalue weighted by molar-refractivity contribution is 6.33. The van der Waals surface area contributed by atoms with Crippen molar-refractivity contribution in [2.24, 2.45) is 5.73 Å². The summed E-state index contributed by atoms with van der Waals surface area (Å²) < 4.78 is 5.29. The van der Waals surface area contributed by atoms with Crippen LogP contribution in [0.4, 0.5) is 11.4 Å². The van der Waals surface area contributed by atoms with Gasteiger partial charge in [-0.25, -0.2) is 0 Å². The van der Waals surface area contributed by atoms with Crippen LogP contribution < -0.4 is 16.4 Å². The fourth-order valence-electron chi connectivity index (χ4n) is 2.13. The second-order valence-corrected chi connectivity index (χ2v) is 4.75. The number of nitrogen functional groups attached to an aromatic ring is 1. The van der Waals surface area contributed by atoms with E-state index in [4.69, 9.17) is 27.8 Å². The quantitative estimate of drug-likeness (QED) is 0.783. The molecule has 0 radical (unpaired) electrons. The fourth-order valence-corrected chi connectivity index (χ4v) is 2.29. The van der Waals surface area contributed by atoms with Gasteiger partial charge < -0.3 is 21.1 Å². The number of nitrogens with zero attached hydrogens (tertiary/aromatic N) is 1.